The van der Waals surface area contributed by atoms with E-state index in [0.717, 1.165) is 12.8 Å². The molecule has 0 aliphatic heterocycles. The third-order valence-corrected chi connectivity index (χ3v) is 3.23. The summed E-state index contributed by atoms with van der Waals surface area (Å²) in [5, 5.41) is 0. The molecule has 0 heterocycles. The largest absolute Gasteiger partial charge is 0.114 e. The minimum Gasteiger partial charge on any atom is -0.114 e. The maximum absolute atomic E-state index is 6.48. The van der Waals surface area contributed by atoms with E-state index in [-0.39, 0.29) is 4.87 Å². The van der Waals surface area contributed by atoms with Crippen molar-refractivity contribution >= 4 is 11.6 Å². The van der Waals surface area contributed by atoms with Crippen molar-refractivity contribution in [2.24, 2.45) is 0 Å². The molecule has 0 amide bonds. The lowest BCUT2D eigenvalue weighted by Gasteiger charge is -2.20. The predicted molar refractivity (Wildman–Crippen MR) is 51.3 cm³/mol. The first-order valence-electron chi connectivity index (χ1n) is 4.47. The number of hydrogen-bond acceptors (Lipinski definition) is 0. The highest BCUT2D eigenvalue weighted by Gasteiger charge is 2.32. The fourth-order valence-corrected chi connectivity index (χ4v) is 2.30. The predicted octanol–water partition coefficient (Wildman–Crippen LogP) is 3.49. The van der Waals surface area contributed by atoms with Crippen molar-refractivity contribution in [2.75, 3.05) is 0 Å². The van der Waals surface area contributed by atoms with E-state index in [9.17, 15) is 0 Å². The van der Waals surface area contributed by atoms with E-state index in [1.807, 2.05) is 12.1 Å². The van der Waals surface area contributed by atoms with Crippen LogP contribution in [0.5, 0.6) is 0 Å². The Kier molecular flexibility index (Phi) is 2.10. The van der Waals surface area contributed by atoms with E-state index in [0.29, 0.717) is 0 Å². The van der Waals surface area contributed by atoms with Crippen LogP contribution < -0.4 is 0 Å². The molecular formula is C11H12Cl. The highest BCUT2D eigenvalue weighted by atomic mass is 35.5. The van der Waals surface area contributed by atoms with Gasteiger partial charge in [0.15, 0.2) is 0 Å². The van der Waals surface area contributed by atoms with Gasteiger partial charge in [-0.3, -0.25) is 0 Å². The zero-order chi connectivity index (χ0) is 8.44. The molecule has 1 fully saturated rings. The first-order valence-corrected chi connectivity index (χ1v) is 4.85. The monoisotopic (exact) mass is 179 g/mol. The van der Waals surface area contributed by atoms with E-state index in [2.05, 4.69) is 18.2 Å². The molecule has 1 aliphatic rings. The molecule has 63 valence electrons. The molecule has 1 radical (unpaired) electrons. The van der Waals surface area contributed by atoms with Crippen LogP contribution in [0.4, 0.5) is 0 Å². The van der Waals surface area contributed by atoms with Crippen molar-refractivity contribution in [2.45, 2.75) is 30.6 Å². The third kappa shape index (κ3) is 1.36. The Hall–Kier alpha value is -0.490. The summed E-state index contributed by atoms with van der Waals surface area (Å²) in [6.07, 6.45) is 4.78. The highest BCUT2D eigenvalue weighted by Crippen LogP contribution is 2.44. The number of benzene rings is 1. The van der Waals surface area contributed by atoms with Crippen LogP contribution in [0.25, 0.3) is 0 Å². The zero-order valence-corrected chi connectivity index (χ0v) is 7.77. The van der Waals surface area contributed by atoms with E-state index < -0.39 is 0 Å². The van der Waals surface area contributed by atoms with Crippen molar-refractivity contribution in [3.05, 3.63) is 35.9 Å². The lowest BCUT2D eigenvalue weighted by Crippen LogP contribution is -2.12. The Labute approximate surface area is 78.6 Å². The summed E-state index contributed by atoms with van der Waals surface area (Å²) >= 11 is 6.48. The maximum Gasteiger partial charge on any atom is 0.0695 e. The standard InChI is InChI=1S/C11H12Cl/c12-11(8-4-5-9-11)10-6-2-1-3-7-10/h2-3,6-7H,4-5,8-9H2. The van der Waals surface area contributed by atoms with Gasteiger partial charge in [-0.15, -0.1) is 11.6 Å². The molecule has 1 aliphatic carbocycles. The Morgan fingerprint density at radius 3 is 2.33 bits per heavy atom. The second kappa shape index (κ2) is 3.10. The number of halogens is 1. The van der Waals surface area contributed by atoms with E-state index in [1.54, 1.807) is 0 Å². The van der Waals surface area contributed by atoms with Gasteiger partial charge in [-0.1, -0.05) is 37.1 Å². The number of rotatable bonds is 1. The smallest absolute Gasteiger partial charge is 0.0695 e. The summed E-state index contributed by atoms with van der Waals surface area (Å²) in [5.74, 6) is 0. The molecule has 0 spiro atoms. The molecule has 0 atom stereocenters. The lowest BCUT2D eigenvalue weighted by molar-refractivity contribution is 0.637. The van der Waals surface area contributed by atoms with Gasteiger partial charge in [-0.25, -0.2) is 0 Å². The topological polar surface area (TPSA) is 0 Å². The first-order chi connectivity index (χ1) is 5.81. The van der Waals surface area contributed by atoms with Gasteiger partial charge in [0.05, 0.1) is 4.87 Å². The average molecular weight is 180 g/mol. The average Bonchev–Trinajstić information content (AvgIpc) is 2.55. The second-order valence-corrected chi connectivity index (χ2v) is 4.18. The van der Waals surface area contributed by atoms with Gasteiger partial charge in [0, 0.05) is 0 Å². The quantitative estimate of drug-likeness (QED) is 0.579. The molecule has 1 saturated carbocycles. The summed E-state index contributed by atoms with van der Waals surface area (Å²) in [4.78, 5) is -0.0604. The van der Waals surface area contributed by atoms with Gasteiger partial charge in [0.1, 0.15) is 0 Å². The molecule has 1 heteroatoms. The summed E-state index contributed by atoms with van der Waals surface area (Å²) in [5.41, 5.74) is 1.26. The molecule has 0 bridgehead atoms. The van der Waals surface area contributed by atoms with Crippen LogP contribution in [-0.2, 0) is 4.87 Å². The first kappa shape index (κ1) is 8.12. The van der Waals surface area contributed by atoms with Crippen molar-refractivity contribution in [3.63, 3.8) is 0 Å². The van der Waals surface area contributed by atoms with Gasteiger partial charge in [-0.2, -0.15) is 0 Å². The summed E-state index contributed by atoms with van der Waals surface area (Å²) < 4.78 is 0. The SMILES string of the molecule is ClC1(c2cc[c]cc2)CCCC1. The molecule has 0 aromatic heterocycles. The van der Waals surface area contributed by atoms with Gasteiger partial charge in [0.2, 0.25) is 0 Å². The normalized spacial score (nSPS) is 21.1. The fraction of sp³-hybridized carbons (Fsp3) is 0.455. The molecule has 0 saturated heterocycles. The Bertz CT molecular complexity index is 247. The Morgan fingerprint density at radius 1 is 1.17 bits per heavy atom. The van der Waals surface area contributed by atoms with E-state index in [4.69, 9.17) is 11.6 Å². The summed E-state index contributed by atoms with van der Waals surface area (Å²) in [7, 11) is 0. The van der Waals surface area contributed by atoms with Crippen molar-refractivity contribution in [3.8, 4) is 0 Å². The minimum absolute atomic E-state index is 0.0604. The molecule has 1 aromatic carbocycles. The Balaban J connectivity index is 2.29. The highest BCUT2D eigenvalue weighted by molar-refractivity contribution is 6.24. The summed E-state index contributed by atoms with van der Waals surface area (Å²) in [6, 6.07) is 11.1. The molecule has 0 nitrogen and oxygen atoms in total. The summed E-state index contributed by atoms with van der Waals surface area (Å²) in [6.45, 7) is 0. The van der Waals surface area contributed by atoms with E-state index >= 15 is 0 Å². The molecule has 2 rings (SSSR count). The van der Waals surface area contributed by atoms with Gasteiger partial charge < -0.3 is 0 Å². The van der Waals surface area contributed by atoms with Crippen molar-refractivity contribution < 1.29 is 0 Å². The van der Waals surface area contributed by atoms with Crippen LogP contribution in [0.15, 0.2) is 24.3 Å². The lowest BCUT2D eigenvalue weighted by atomic mass is 9.97. The molecule has 0 N–H and O–H groups in total. The van der Waals surface area contributed by atoms with Crippen LogP contribution >= 0.6 is 11.6 Å². The van der Waals surface area contributed by atoms with Crippen LogP contribution in [0, 0.1) is 6.07 Å². The van der Waals surface area contributed by atoms with Crippen LogP contribution in [-0.4, -0.2) is 0 Å². The van der Waals surface area contributed by atoms with Crippen LogP contribution in [0.3, 0.4) is 0 Å². The van der Waals surface area contributed by atoms with Crippen LogP contribution in [0.1, 0.15) is 31.2 Å². The molecular weight excluding hydrogens is 168 g/mol. The van der Waals surface area contributed by atoms with Gasteiger partial charge in [0.25, 0.3) is 0 Å². The molecule has 12 heavy (non-hydrogen) atoms. The Morgan fingerprint density at radius 2 is 1.75 bits per heavy atom. The van der Waals surface area contributed by atoms with Crippen molar-refractivity contribution in [1.29, 1.82) is 0 Å². The van der Waals surface area contributed by atoms with Crippen molar-refractivity contribution in [1.82, 2.24) is 0 Å². The minimum atomic E-state index is -0.0604. The van der Waals surface area contributed by atoms with Crippen LogP contribution in [0.2, 0.25) is 0 Å². The number of alkyl halides is 1. The zero-order valence-electron chi connectivity index (χ0n) is 7.02. The van der Waals surface area contributed by atoms with Gasteiger partial charge >= 0.3 is 0 Å². The molecule has 1 aromatic rings. The van der Waals surface area contributed by atoms with E-state index in [1.165, 1.54) is 18.4 Å². The third-order valence-electron chi connectivity index (χ3n) is 2.63. The fourth-order valence-electron chi connectivity index (χ4n) is 1.91. The molecule has 0 unspecified atom stereocenters. The number of hydrogen-bond donors (Lipinski definition) is 0. The second-order valence-electron chi connectivity index (χ2n) is 3.46. The maximum atomic E-state index is 6.48. The van der Waals surface area contributed by atoms with Gasteiger partial charge in [-0.05, 0) is 24.5 Å².